The number of halogens is 3. The van der Waals surface area contributed by atoms with Gasteiger partial charge in [-0.1, -0.05) is 0 Å². The van der Waals surface area contributed by atoms with Crippen molar-refractivity contribution in [3.05, 3.63) is 18.0 Å². The van der Waals surface area contributed by atoms with Crippen LogP contribution in [0.2, 0.25) is 0 Å². The molecular weight excluding hydrogens is 159 g/mol. The van der Waals surface area contributed by atoms with Gasteiger partial charge in [0.1, 0.15) is 0 Å². The van der Waals surface area contributed by atoms with E-state index in [0.29, 0.717) is 0 Å². The van der Waals surface area contributed by atoms with E-state index in [0.717, 1.165) is 6.20 Å². The van der Waals surface area contributed by atoms with E-state index >= 15 is 0 Å². The molecule has 0 fully saturated rings. The summed E-state index contributed by atoms with van der Waals surface area (Å²) in [6, 6.07) is 1.82. The molecular formula is C5H3F3N3. The second kappa shape index (κ2) is 2.37. The largest absolute Gasteiger partial charge is 0.434 e. The maximum atomic E-state index is 11.8. The molecule has 59 valence electrons. The number of hydrogen-bond donors (Lipinski definition) is 1. The Morgan fingerprint density at radius 3 is 2.45 bits per heavy atom. The average Bonchev–Trinajstić information content (AvgIpc) is 1.86. The number of hydrogen-bond acceptors (Lipinski definition) is 3. The third kappa shape index (κ3) is 1.79. The number of nitrogen functional groups attached to an aromatic ring is 1. The van der Waals surface area contributed by atoms with Gasteiger partial charge in [-0.15, -0.1) is 0 Å². The SMILES string of the molecule is Nc1nc[c]c(C(F)(F)F)n1. The summed E-state index contributed by atoms with van der Waals surface area (Å²) in [6.45, 7) is 0. The van der Waals surface area contributed by atoms with Crippen molar-refractivity contribution in [3.63, 3.8) is 0 Å². The van der Waals surface area contributed by atoms with Gasteiger partial charge in [0.15, 0.2) is 5.69 Å². The van der Waals surface area contributed by atoms with Crippen LogP contribution in [0.25, 0.3) is 0 Å². The highest BCUT2D eigenvalue weighted by molar-refractivity contribution is 5.17. The highest BCUT2D eigenvalue weighted by Gasteiger charge is 2.32. The molecule has 1 rings (SSSR count). The molecule has 1 aromatic rings. The summed E-state index contributed by atoms with van der Waals surface area (Å²) in [5.74, 6) is -0.406. The van der Waals surface area contributed by atoms with Crippen LogP contribution < -0.4 is 5.73 Å². The first kappa shape index (κ1) is 7.77. The predicted molar refractivity (Wildman–Crippen MR) is 30.3 cm³/mol. The van der Waals surface area contributed by atoms with Gasteiger partial charge in [0.2, 0.25) is 5.95 Å². The molecule has 0 saturated heterocycles. The third-order valence-corrected chi connectivity index (χ3v) is 0.893. The van der Waals surface area contributed by atoms with Crippen molar-refractivity contribution in [2.75, 3.05) is 5.73 Å². The molecule has 1 radical (unpaired) electrons. The lowest BCUT2D eigenvalue weighted by Gasteiger charge is -2.03. The number of nitrogens with zero attached hydrogens (tertiary/aromatic N) is 2. The van der Waals surface area contributed by atoms with E-state index in [1.54, 1.807) is 0 Å². The molecule has 0 bridgehead atoms. The molecule has 0 aromatic carbocycles. The Labute approximate surface area is 60.1 Å². The molecule has 0 unspecified atom stereocenters. The Morgan fingerprint density at radius 2 is 2.09 bits per heavy atom. The molecule has 0 spiro atoms. The number of alkyl halides is 3. The first-order valence-electron chi connectivity index (χ1n) is 2.57. The van der Waals surface area contributed by atoms with E-state index in [1.165, 1.54) is 0 Å². The van der Waals surface area contributed by atoms with Gasteiger partial charge < -0.3 is 5.73 Å². The van der Waals surface area contributed by atoms with E-state index in [9.17, 15) is 13.2 Å². The van der Waals surface area contributed by atoms with Gasteiger partial charge in [-0.2, -0.15) is 13.2 Å². The quantitative estimate of drug-likeness (QED) is 0.616. The zero-order valence-corrected chi connectivity index (χ0v) is 5.18. The summed E-state index contributed by atoms with van der Waals surface area (Å²) >= 11 is 0. The van der Waals surface area contributed by atoms with Crippen molar-refractivity contribution in [2.45, 2.75) is 6.18 Å². The fourth-order valence-corrected chi connectivity index (χ4v) is 0.480. The fraction of sp³-hybridized carbons (Fsp3) is 0.200. The summed E-state index contributed by atoms with van der Waals surface area (Å²) < 4.78 is 35.4. The summed E-state index contributed by atoms with van der Waals surface area (Å²) in [5.41, 5.74) is 3.76. The molecule has 0 aliphatic rings. The van der Waals surface area contributed by atoms with Crippen molar-refractivity contribution in [1.29, 1.82) is 0 Å². The van der Waals surface area contributed by atoms with Gasteiger partial charge in [0.25, 0.3) is 0 Å². The van der Waals surface area contributed by atoms with Crippen molar-refractivity contribution in [2.24, 2.45) is 0 Å². The van der Waals surface area contributed by atoms with Crippen LogP contribution in [-0.2, 0) is 6.18 Å². The molecule has 0 saturated carbocycles. The molecule has 2 N–H and O–H groups in total. The van der Waals surface area contributed by atoms with Crippen LogP contribution in [0.4, 0.5) is 19.1 Å². The van der Waals surface area contributed by atoms with Gasteiger partial charge in [-0.25, -0.2) is 9.97 Å². The van der Waals surface area contributed by atoms with Crippen LogP contribution in [0.15, 0.2) is 6.20 Å². The lowest BCUT2D eigenvalue weighted by molar-refractivity contribution is -0.141. The lowest BCUT2D eigenvalue weighted by Crippen LogP contribution is -2.10. The second-order valence-electron chi connectivity index (χ2n) is 1.72. The summed E-state index contributed by atoms with van der Waals surface area (Å²) in [6.07, 6.45) is -3.66. The highest BCUT2D eigenvalue weighted by atomic mass is 19.4. The van der Waals surface area contributed by atoms with Crippen LogP contribution in [0, 0.1) is 6.07 Å². The Morgan fingerprint density at radius 1 is 1.45 bits per heavy atom. The van der Waals surface area contributed by atoms with Crippen LogP contribution >= 0.6 is 0 Å². The Kier molecular flexibility index (Phi) is 1.67. The van der Waals surface area contributed by atoms with Crippen molar-refractivity contribution >= 4 is 5.95 Å². The number of aromatic nitrogens is 2. The van der Waals surface area contributed by atoms with Crippen LogP contribution in [0.3, 0.4) is 0 Å². The van der Waals surface area contributed by atoms with Gasteiger partial charge in [0.05, 0.1) is 0 Å². The normalized spacial score (nSPS) is 11.5. The topological polar surface area (TPSA) is 51.8 Å². The number of anilines is 1. The summed E-state index contributed by atoms with van der Waals surface area (Å²) in [4.78, 5) is 6.20. The second-order valence-corrected chi connectivity index (χ2v) is 1.72. The minimum Gasteiger partial charge on any atom is -0.368 e. The summed E-state index contributed by atoms with van der Waals surface area (Å²) in [7, 11) is 0. The van der Waals surface area contributed by atoms with E-state index in [2.05, 4.69) is 9.97 Å². The van der Waals surface area contributed by atoms with E-state index in [4.69, 9.17) is 5.73 Å². The van der Waals surface area contributed by atoms with Crippen LogP contribution in [0.1, 0.15) is 5.69 Å². The first-order valence-corrected chi connectivity index (χ1v) is 2.57. The molecule has 11 heavy (non-hydrogen) atoms. The van der Waals surface area contributed by atoms with E-state index < -0.39 is 17.8 Å². The first-order chi connectivity index (χ1) is 5.00. The highest BCUT2D eigenvalue weighted by Crippen LogP contribution is 2.26. The molecule has 0 amide bonds. The number of rotatable bonds is 0. The van der Waals surface area contributed by atoms with Crippen LogP contribution in [0.5, 0.6) is 0 Å². The van der Waals surface area contributed by atoms with Crippen molar-refractivity contribution < 1.29 is 13.2 Å². The minimum absolute atomic E-state index is 0.406. The molecule has 1 heterocycles. The molecule has 6 heteroatoms. The van der Waals surface area contributed by atoms with Crippen LogP contribution in [-0.4, -0.2) is 9.97 Å². The molecule has 3 nitrogen and oxygen atoms in total. The predicted octanol–water partition coefficient (Wildman–Crippen LogP) is 0.878. The Bertz CT molecular complexity index is 257. The zero-order chi connectivity index (χ0) is 8.48. The standard InChI is InChI=1S/C5H3F3N3/c6-5(7,8)3-1-2-10-4(9)11-3/h2H,(H2,9,10,11). The number of nitrogens with two attached hydrogens (primary N) is 1. The minimum atomic E-state index is -4.50. The fourth-order valence-electron chi connectivity index (χ4n) is 0.480. The molecule has 0 aliphatic carbocycles. The molecule has 0 aliphatic heterocycles. The van der Waals surface area contributed by atoms with Crippen molar-refractivity contribution in [3.8, 4) is 0 Å². The smallest absolute Gasteiger partial charge is 0.368 e. The summed E-state index contributed by atoms with van der Waals surface area (Å²) in [5, 5.41) is 0. The third-order valence-electron chi connectivity index (χ3n) is 0.893. The van der Waals surface area contributed by atoms with Crippen molar-refractivity contribution in [1.82, 2.24) is 9.97 Å². The van der Waals surface area contributed by atoms with Gasteiger partial charge in [-0.05, 0) is 0 Å². The average molecular weight is 162 g/mol. The lowest BCUT2D eigenvalue weighted by atomic mass is 10.4. The van der Waals surface area contributed by atoms with Gasteiger partial charge in [0, 0.05) is 12.3 Å². The van der Waals surface area contributed by atoms with E-state index in [-0.39, 0.29) is 0 Å². The Hall–Kier alpha value is -1.33. The van der Waals surface area contributed by atoms with Gasteiger partial charge >= 0.3 is 6.18 Å². The molecule has 1 aromatic heterocycles. The Balaban J connectivity index is 3.06. The van der Waals surface area contributed by atoms with Gasteiger partial charge in [-0.3, -0.25) is 0 Å². The van der Waals surface area contributed by atoms with E-state index in [1.807, 2.05) is 6.07 Å². The zero-order valence-electron chi connectivity index (χ0n) is 5.18. The monoisotopic (exact) mass is 162 g/mol. The molecule has 0 atom stereocenters. The maximum Gasteiger partial charge on any atom is 0.434 e. The maximum absolute atomic E-state index is 11.8.